The first-order valence-electron chi connectivity index (χ1n) is 10.8. The molecule has 3 aromatic rings. The Morgan fingerprint density at radius 3 is 2.47 bits per heavy atom. The van der Waals surface area contributed by atoms with Crippen molar-refractivity contribution in [1.29, 1.82) is 0 Å². The molecular weight excluding hydrogens is 372 g/mol. The molecule has 5 heteroatoms. The van der Waals surface area contributed by atoms with Gasteiger partial charge in [-0.3, -0.25) is 19.7 Å². The van der Waals surface area contributed by atoms with Crippen LogP contribution >= 0.6 is 0 Å². The molecule has 0 bridgehead atoms. The molecule has 0 saturated heterocycles. The van der Waals surface area contributed by atoms with E-state index in [-0.39, 0.29) is 5.91 Å². The van der Waals surface area contributed by atoms with Gasteiger partial charge in [0.05, 0.1) is 11.9 Å². The van der Waals surface area contributed by atoms with Crippen molar-refractivity contribution in [2.24, 2.45) is 0 Å². The minimum absolute atomic E-state index is 0.0923. The molecule has 2 aromatic carbocycles. The normalized spacial score (nSPS) is 16.9. The molecule has 1 amide bonds. The molecule has 0 unspecified atom stereocenters. The molecule has 1 aliphatic heterocycles. The van der Waals surface area contributed by atoms with Crippen molar-refractivity contribution < 1.29 is 4.79 Å². The number of amides is 1. The second-order valence-corrected chi connectivity index (χ2v) is 8.23. The molecule has 0 radical (unpaired) electrons. The van der Waals surface area contributed by atoms with Crippen molar-refractivity contribution >= 4 is 11.6 Å². The molecule has 0 atom stereocenters. The van der Waals surface area contributed by atoms with Gasteiger partial charge in [-0.05, 0) is 61.1 Å². The van der Waals surface area contributed by atoms with Crippen LogP contribution in [0, 0.1) is 0 Å². The van der Waals surface area contributed by atoms with Gasteiger partial charge in [-0.2, -0.15) is 0 Å². The van der Waals surface area contributed by atoms with Crippen LogP contribution in [-0.4, -0.2) is 39.9 Å². The van der Waals surface area contributed by atoms with Gasteiger partial charge in [0, 0.05) is 48.3 Å². The predicted octanol–water partition coefficient (Wildman–Crippen LogP) is 4.35. The van der Waals surface area contributed by atoms with Gasteiger partial charge in [-0.15, -0.1) is 0 Å². The summed E-state index contributed by atoms with van der Waals surface area (Å²) >= 11 is 0. The van der Waals surface area contributed by atoms with Crippen molar-refractivity contribution in [1.82, 2.24) is 14.9 Å². The zero-order valence-corrected chi connectivity index (χ0v) is 17.1. The number of fused-ring (bicyclic) bond motifs is 1. The van der Waals surface area contributed by atoms with Crippen LogP contribution in [0.1, 0.15) is 40.7 Å². The summed E-state index contributed by atoms with van der Waals surface area (Å²) in [7, 11) is 0. The lowest BCUT2D eigenvalue weighted by Gasteiger charge is -2.36. The highest BCUT2D eigenvalue weighted by Gasteiger charge is 2.26. The van der Waals surface area contributed by atoms with Crippen LogP contribution in [0.25, 0.3) is 11.3 Å². The molecule has 2 aliphatic rings. The van der Waals surface area contributed by atoms with E-state index in [0.29, 0.717) is 5.56 Å². The van der Waals surface area contributed by atoms with Gasteiger partial charge in [-0.25, -0.2) is 0 Å². The van der Waals surface area contributed by atoms with Crippen LogP contribution in [0.3, 0.4) is 0 Å². The van der Waals surface area contributed by atoms with E-state index in [0.717, 1.165) is 48.9 Å². The zero-order valence-electron chi connectivity index (χ0n) is 17.1. The summed E-state index contributed by atoms with van der Waals surface area (Å²) in [6.07, 6.45) is 11.3. The quantitative estimate of drug-likeness (QED) is 0.710. The number of nitrogens with one attached hydrogen (secondary N) is 1. The van der Waals surface area contributed by atoms with E-state index in [1.54, 1.807) is 18.6 Å². The first kappa shape index (κ1) is 18.9. The van der Waals surface area contributed by atoms with Crippen molar-refractivity contribution in [3.8, 4) is 11.3 Å². The maximum atomic E-state index is 12.7. The standard InChI is InChI=1S/C25H26N4O/c30-25(20-6-4-19(5-7-20)24-17-26-12-13-27-24)28-22-9-8-18-10-14-29(23-2-1-3-23)15-11-21(18)16-22/h4-9,12-13,16-17,23H,1-3,10-11,14-15H2,(H,28,30). The molecule has 1 fully saturated rings. The van der Waals surface area contributed by atoms with Crippen molar-refractivity contribution in [3.05, 3.63) is 77.7 Å². The van der Waals surface area contributed by atoms with E-state index >= 15 is 0 Å². The second-order valence-electron chi connectivity index (χ2n) is 8.23. The highest BCUT2D eigenvalue weighted by atomic mass is 16.1. The Bertz CT molecular complexity index is 1030. The lowest BCUT2D eigenvalue weighted by atomic mass is 9.91. The topological polar surface area (TPSA) is 58.1 Å². The summed E-state index contributed by atoms with van der Waals surface area (Å²) in [5.74, 6) is -0.0923. The molecule has 1 N–H and O–H groups in total. The SMILES string of the molecule is O=C(Nc1ccc2c(c1)CCN(C1CCC1)CC2)c1ccc(-c2cnccn2)cc1. The Morgan fingerprint density at radius 1 is 0.967 bits per heavy atom. The number of hydrogen-bond donors (Lipinski definition) is 1. The molecule has 1 aliphatic carbocycles. The average molecular weight is 399 g/mol. The highest BCUT2D eigenvalue weighted by molar-refractivity contribution is 6.04. The summed E-state index contributed by atoms with van der Waals surface area (Å²) in [4.78, 5) is 23.8. The third-order valence-corrected chi connectivity index (χ3v) is 6.40. The summed E-state index contributed by atoms with van der Waals surface area (Å²) in [5, 5.41) is 3.06. The van der Waals surface area contributed by atoms with Gasteiger partial charge in [0.2, 0.25) is 0 Å². The number of aromatic nitrogens is 2. The van der Waals surface area contributed by atoms with E-state index in [2.05, 4.69) is 32.3 Å². The zero-order chi connectivity index (χ0) is 20.3. The Balaban J connectivity index is 1.26. The Labute approximate surface area is 177 Å². The predicted molar refractivity (Wildman–Crippen MR) is 118 cm³/mol. The van der Waals surface area contributed by atoms with Crippen molar-refractivity contribution in [2.75, 3.05) is 18.4 Å². The van der Waals surface area contributed by atoms with E-state index in [1.165, 1.54) is 30.4 Å². The fraction of sp³-hybridized carbons (Fsp3) is 0.320. The molecule has 5 nitrogen and oxygen atoms in total. The van der Waals surface area contributed by atoms with E-state index < -0.39 is 0 Å². The van der Waals surface area contributed by atoms with Crippen LogP contribution in [-0.2, 0) is 12.8 Å². The van der Waals surface area contributed by atoms with E-state index in [4.69, 9.17) is 0 Å². The minimum atomic E-state index is -0.0923. The number of carbonyl (C=O) groups is 1. The number of carbonyl (C=O) groups excluding carboxylic acids is 1. The fourth-order valence-corrected chi connectivity index (χ4v) is 4.38. The monoisotopic (exact) mass is 398 g/mol. The average Bonchev–Trinajstić information content (AvgIpc) is 2.96. The minimum Gasteiger partial charge on any atom is -0.322 e. The van der Waals surface area contributed by atoms with Crippen LogP contribution in [0.15, 0.2) is 61.1 Å². The number of benzene rings is 2. The maximum absolute atomic E-state index is 12.7. The third-order valence-electron chi connectivity index (χ3n) is 6.40. The van der Waals surface area contributed by atoms with Gasteiger partial charge < -0.3 is 5.32 Å². The Kier molecular flexibility index (Phi) is 5.28. The Morgan fingerprint density at radius 2 is 1.77 bits per heavy atom. The van der Waals surface area contributed by atoms with Crippen LogP contribution in [0.4, 0.5) is 5.69 Å². The van der Waals surface area contributed by atoms with Crippen molar-refractivity contribution in [2.45, 2.75) is 38.1 Å². The maximum Gasteiger partial charge on any atom is 0.255 e. The summed E-state index contributed by atoms with van der Waals surface area (Å²) < 4.78 is 0. The lowest BCUT2D eigenvalue weighted by Crippen LogP contribution is -2.41. The summed E-state index contributed by atoms with van der Waals surface area (Å²) in [5.41, 5.74) is 6.03. The number of anilines is 1. The number of rotatable bonds is 4. The van der Waals surface area contributed by atoms with E-state index in [1.807, 2.05) is 30.3 Å². The Hall–Kier alpha value is -3.05. The van der Waals surface area contributed by atoms with Gasteiger partial charge in [0.1, 0.15) is 0 Å². The highest BCUT2D eigenvalue weighted by Crippen LogP contribution is 2.28. The van der Waals surface area contributed by atoms with Gasteiger partial charge >= 0.3 is 0 Å². The van der Waals surface area contributed by atoms with E-state index in [9.17, 15) is 4.79 Å². The summed E-state index contributed by atoms with van der Waals surface area (Å²) in [6, 6.07) is 14.7. The molecule has 1 aromatic heterocycles. The lowest BCUT2D eigenvalue weighted by molar-refractivity contribution is 0.102. The fourth-order valence-electron chi connectivity index (χ4n) is 4.38. The van der Waals surface area contributed by atoms with Crippen molar-refractivity contribution in [3.63, 3.8) is 0 Å². The van der Waals surface area contributed by atoms with Gasteiger partial charge in [-0.1, -0.05) is 24.6 Å². The summed E-state index contributed by atoms with van der Waals surface area (Å²) in [6.45, 7) is 2.28. The molecular formula is C25H26N4O. The second kappa shape index (κ2) is 8.36. The first-order valence-corrected chi connectivity index (χ1v) is 10.8. The molecule has 152 valence electrons. The largest absolute Gasteiger partial charge is 0.322 e. The first-order chi connectivity index (χ1) is 14.8. The van der Waals surface area contributed by atoms with Crippen LogP contribution < -0.4 is 5.32 Å². The molecule has 5 rings (SSSR count). The molecule has 0 spiro atoms. The molecule has 30 heavy (non-hydrogen) atoms. The molecule has 1 saturated carbocycles. The van der Waals surface area contributed by atoms with Gasteiger partial charge in [0.25, 0.3) is 5.91 Å². The number of hydrogen-bond acceptors (Lipinski definition) is 4. The van der Waals surface area contributed by atoms with Crippen LogP contribution in [0.2, 0.25) is 0 Å². The molecule has 2 heterocycles. The smallest absolute Gasteiger partial charge is 0.255 e. The third kappa shape index (κ3) is 3.98. The van der Waals surface area contributed by atoms with Crippen LogP contribution in [0.5, 0.6) is 0 Å². The van der Waals surface area contributed by atoms with Gasteiger partial charge in [0.15, 0.2) is 0 Å². The number of nitrogens with zero attached hydrogens (tertiary/aromatic N) is 3.